The van der Waals surface area contributed by atoms with Gasteiger partial charge in [-0.1, -0.05) is 84.4 Å². The average molecular weight is 462 g/mol. The van der Waals surface area contributed by atoms with Crippen molar-refractivity contribution in [3.8, 4) is 45.2 Å². The van der Waals surface area contributed by atoms with Gasteiger partial charge in [-0.15, -0.1) is 0 Å². The molecule has 6 aromatic rings. The van der Waals surface area contributed by atoms with Gasteiger partial charge in [-0.3, -0.25) is 8.97 Å². The molecule has 0 unspecified atom stereocenters. The zero-order valence-electron chi connectivity index (χ0n) is 18.1. The van der Waals surface area contributed by atoms with Crippen LogP contribution in [0.5, 0.6) is 5.75 Å². The van der Waals surface area contributed by atoms with E-state index in [4.69, 9.17) is 16.6 Å². The fraction of sp³-hybridized carbons (Fsp3) is 0. The summed E-state index contributed by atoms with van der Waals surface area (Å²) in [5.74, 6) is 1.01. The second-order valence-electron chi connectivity index (χ2n) is 8.08. The molecule has 0 bridgehead atoms. The first kappa shape index (κ1) is 20.3. The van der Waals surface area contributed by atoms with E-state index in [1.807, 2.05) is 72.8 Å². The second-order valence-corrected chi connectivity index (χ2v) is 8.52. The van der Waals surface area contributed by atoms with Crippen LogP contribution in [0.2, 0.25) is 5.02 Å². The molecule has 0 radical (unpaired) electrons. The van der Waals surface area contributed by atoms with Gasteiger partial charge >= 0.3 is 0 Å². The maximum Gasteiger partial charge on any atom is 0.220 e. The molecule has 0 amide bonds. The van der Waals surface area contributed by atoms with Crippen molar-refractivity contribution < 1.29 is 5.11 Å². The summed E-state index contributed by atoms with van der Waals surface area (Å²) in [6.45, 7) is 0. The molecule has 4 nitrogen and oxygen atoms in total. The SMILES string of the molecule is Oc1ccc(-n2c(-c3ccc(Cl)cc3)cn3c(-c4ccccc4)c(-c4ccccc4)nc23)cc1. The fourth-order valence-corrected chi connectivity index (χ4v) is 4.46. The lowest BCUT2D eigenvalue weighted by Crippen LogP contribution is -1.97. The van der Waals surface area contributed by atoms with Crippen LogP contribution in [0.1, 0.15) is 0 Å². The Bertz CT molecular complexity index is 1580. The Balaban J connectivity index is 1.71. The quantitative estimate of drug-likeness (QED) is 0.295. The number of fused-ring (bicyclic) bond motifs is 1. The predicted octanol–water partition coefficient (Wildman–Crippen LogP) is 7.49. The Morgan fingerprint density at radius 1 is 0.647 bits per heavy atom. The Labute approximate surface area is 202 Å². The van der Waals surface area contributed by atoms with E-state index < -0.39 is 0 Å². The monoisotopic (exact) mass is 461 g/mol. The van der Waals surface area contributed by atoms with Gasteiger partial charge in [0.2, 0.25) is 5.78 Å². The Hall–Kier alpha value is -4.28. The number of imidazole rings is 2. The summed E-state index contributed by atoms with van der Waals surface area (Å²) >= 11 is 6.17. The molecule has 0 spiro atoms. The van der Waals surface area contributed by atoms with Crippen LogP contribution in [0, 0.1) is 0 Å². The molecule has 0 saturated heterocycles. The van der Waals surface area contributed by atoms with E-state index in [9.17, 15) is 5.11 Å². The number of aromatic nitrogens is 3. The molecular weight excluding hydrogens is 442 g/mol. The minimum Gasteiger partial charge on any atom is -0.508 e. The summed E-state index contributed by atoms with van der Waals surface area (Å²) in [4.78, 5) is 5.16. The predicted molar refractivity (Wildman–Crippen MR) is 138 cm³/mol. The van der Waals surface area contributed by atoms with E-state index >= 15 is 0 Å². The molecule has 0 saturated carbocycles. The van der Waals surface area contributed by atoms with E-state index in [-0.39, 0.29) is 5.75 Å². The van der Waals surface area contributed by atoms with Crippen LogP contribution in [0.15, 0.2) is 115 Å². The third-order valence-electron chi connectivity index (χ3n) is 5.93. The highest BCUT2D eigenvalue weighted by Crippen LogP contribution is 2.37. The molecule has 4 aromatic carbocycles. The van der Waals surface area contributed by atoms with Crippen LogP contribution in [0.4, 0.5) is 0 Å². The van der Waals surface area contributed by atoms with E-state index in [0.717, 1.165) is 45.2 Å². The molecular formula is C29H20ClN3O. The third kappa shape index (κ3) is 3.45. The average Bonchev–Trinajstić information content (AvgIpc) is 3.43. The molecule has 2 aromatic heterocycles. The van der Waals surface area contributed by atoms with Gasteiger partial charge in [0.25, 0.3) is 0 Å². The van der Waals surface area contributed by atoms with Gasteiger partial charge < -0.3 is 5.11 Å². The number of benzene rings is 4. The molecule has 0 fully saturated rings. The zero-order chi connectivity index (χ0) is 23.1. The summed E-state index contributed by atoms with van der Waals surface area (Å²) in [7, 11) is 0. The molecule has 2 heterocycles. The minimum absolute atomic E-state index is 0.221. The Morgan fingerprint density at radius 3 is 1.91 bits per heavy atom. The normalized spacial score (nSPS) is 11.2. The number of halogens is 1. The van der Waals surface area contributed by atoms with E-state index in [2.05, 4.69) is 39.4 Å². The number of phenols is 1. The van der Waals surface area contributed by atoms with E-state index in [0.29, 0.717) is 5.02 Å². The summed E-state index contributed by atoms with van der Waals surface area (Å²) < 4.78 is 4.26. The smallest absolute Gasteiger partial charge is 0.220 e. The first-order valence-corrected chi connectivity index (χ1v) is 11.4. The highest BCUT2D eigenvalue weighted by molar-refractivity contribution is 6.30. The summed E-state index contributed by atoms with van der Waals surface area (Å²) in [6, 6.07) is 35.5. The van der Waals surface area contributed by atoms with Gasteiger partial charge in [0, 0.05) is 33.6 Å². The first-order valence-electron chi connectivity index (χ1n) is 11.0. The van der Waals surface area contributed by atoms with Crippen molar-refractivity contribution in [3.05, 3.63) is 120 Å². The van der Waals surface area contributed by atoms with E-state index in [1.165, 1.54) is 0 Å². The van der Waals surface area contributed by atoms with Crippen molar-refractivity contribution in [2.45, 2.75) is 0 Å². The molecule has 1 N–H and O–H groups in total. The van der Waals surface area contributed by atoms with Crippen LogP contribution in [0.3, 0.4) is 0 Å². The topological polar surface area (TPSA) is 42.5 Å². The van der Waals surface area contributed by atoms with Crippen LogP contribution < -0.4 is 0 Å². The fourth-order valence-electron chi connectivity index (χ4n) is 4.34. The van der Waals surface area contributed by atoms with Crippen molar-refractivity contribution in [3.63, 3.8) is 0 Å². The Kier molecular flexibility index (Phi) is 4.93. The molecule has 0 aliphatic heterocycles. The van der Waals surface area contributed by atoms with Gasteiger partial charge in [-0.25, -0.2) is 4.98 Å². The molecule has 5 heteroatoms. The lowest BCUT2D eigenvalue weighted by Gasteiger charge is -2.09. The highest BCUT2D eigenvalue weighted by atomic mass is 35.5. The van der Waals surface area contributed by atoms with Crippen molar-refractivity contribution in [1.29, 1.82) is 0 Å². The first-order chi connectivity index (χ1) is 16.7. The molecule has 34 heavy (non-hydrogen) atoms. The lowest BCUT2D eigenvalue weighted by atomic mass is 10.0. The highest BCUT2D eigenvalue weighted by Gasteiger charge is 2.22. The number of hydrogen-bond donors (Lipinski definition) is 1. The van der Waals surface area contributed by atoms with Crippen LogP contribution >= 0.6 is 11.6 Å². The van der Waals surface area contributed by atoms with Crippen LogP contribution in [-0.2, 0) is 0 Å². The van der Waals surface area contributed by atoms with Crippen molar-refractivity contribution in [1.82, 2.24) is 14.0 Å². The maximum atomic E-state index is 9.89. The summed E-state index contributed by atoms with van der Waals surface area (Å²) in [5.41, 5.74) is 6.97. The van der Waals surface area contributed by atoms with Gasteiger partial charge in [0.1, 0.15) is 5.75 Å². The largest absolute Gasteiger partial charge is 0.508 e. The number of nitrogens with zero attached hydrogens (tertiary/aromatic N) is 3. The van der Waals surface area contributed by atoms with Crippen molar-refractivity contribution >= 4 is 17.4 Å². The van der Waals surface area contributed by atoms with Gasteiger partial charge in [-0.05, 0) is 36.4 Å². The molecule has 0 aliphatic carbocycles. The molecule has 6 rings (SSSR count). The van der Waals surface area contributed by atoms with Crippen molar-refractivity contribution in [2.75, 3.05) is 0 Å². The van der Waals surface area contributed by atoms with Crippen LogP contribution in [0.25, 0.3) is 45.2 Å². The van der Waals surface area contributed by atoms with Crippen LogP contribution in [-0.4, -0.2) is 19.1 Å². The minimum atomic E-state index is 0.221. The molecule has 164 valence electrons. The maximum absolute atomic E-state index is 9.89. The molecule has 0 atom stereocenters. The third-order valence-corrected chi connectivity index (χ3v) is 6.18. The lowest BCUT2D eigenvalue weighted by molar-refractivity contribution is 0.475. The zero-order valence-corrected chi connectivity index (χ0v) is 18.9. The van der Waals surface area contributed by atoms with Gasteiger partial charge in [0.15, 0.2) is 0 Å². The Morgan fingerprint density at radius 2 is 1.26 bits per heavy atom. The van der Waals surface area contributed by atoms with Gasteiger partial charge in [-0.2, -0.15) is 0 Å². The van der Waals surface area contributed by atoms with E-state index in [1.54, 1.807) is 12.1 Å². The molecule has 0 aliphatic rings. The number of phenolic OH excluding ortho intramolecular Hbond substituents is 1. The van der Waals surface area contributed by atoms with Gasteiger partial charge in [0.05, 0.1) is 17.1 Å². The standard InChI is InChI=1S/C29H20ClN3O/c30-23-13-11-20(12-14-23)26-19-32-28(22-9-5-2-6-10-22)27(21-7-3-1-4-8-21)31-29(32)33(26)24-15-17-25(34)18-16-24/h1-19,34H. The summed E-state index contributed by atoms with van der Waals surface area (Å²) in [5, 5.41) is 10.6. The second kappa shape index (κ2) is 8.25. The summed E-state index contributed by atoms with van der Waals surface area (Å²) in [6.07, 6.45) is 2.12. The number of aromatic hydroxyl groups is 1. The van der Waals surface area contributed by atoms with Crippen molar-refractivity contribution in [2.24, 2.45) is 0 Å². The number of rotatable bonds is 4. The number of hydrogen-bond acceptors (Lipinski definition) is 2.